The van der Waals surface area contributed by atoms with Gasteiger partial charge in [0, 0.05) is 42.0 Å². The van der Waals surface area contributed by atoms with Crippen molar-refractivity contribution in [3.63, 3.8) is 0 Å². The highest BCUT2D eigenvalue weighted by molar-refractivity contribution is 5.98. The zero-order valence-corrected chi connectivity index (χ0v) is 17.5. The fraction of sp³-hybridized carbons (Fsp3) is 0.318. The molecule has 0 radical (unpaired) electrons. The van der Waals surface area contributed by atoms with E-state index < -0.39 is 5.97 Å². The molecule has 0 aliphatic rings. The smallest absolute Gasteiger partial charge is 0.306 e. The molecule has 2 heterocycles. The maximum atomic E-state index is 12.2. The van der Waals surface area contributed by atoms with Crippen molar-refractivity contribution in [3.05, 3.63) is 58.5 Å². The highest BCUT2D eigenvalue weighted by Crippen LogP contribution is 2.17. The van der Waals surface area contributed by atoms with Gasteiger partial charge in [0.15, 0.2) is 18.0 Å². The van der Waals surface area contributed by atoms with Crippen LogP contribution < -0.4 is 5.32 Å². The number of esters is 1. The minimum Gasteiger partial charge on any atom is -0.457 e. The first-order valence-electron chi connectivity index (χ1n) is 9.63. The Bertz CT molecular complexity index is 1120. The van der Waals surface area contributed by atoms with Crippen LogP contribution in [0.3, 0.4) is 0 Å². The van der Waals surface area contributed by atoms with E-state index in [1.165, 1.54) is 6.92 Å². The van der Waals surface area contributed by atoms with Gasteiger partial charge in [-0.1, -0.05) is 0 Å². The lowest BCUT2D eigenvalue weighted by atomic mass is 10.1. The van der Waals surface area contributed by atoms with Crippen molar-refractivity contribution in [2.24, 2.45) is 0 Å². The molecule has 156 valence electrons. The number of carbonyl (C=O) groups excluding carboxylic acids is 3. The second kappa shape index (κ2) is 8.86. The first kappa shape index (κ1) is 21.2. The van der Waals surface area contributed by atoms with Crippen LogP contribution in [0.25, 0.3) is 5.65 Å². The van der Waals surface area contributed by atoms with Crippen LogP contribution in [-0.4, -0.2) is 38.9 Å². The largest absolute Gasteiger partial charge is 0.457 e. The summed E-state index contributed by atoms with van der Waals surface area (Å²) in [5, 5.41) is 7.05. The van der Waals surface area contributed by atoms with E-state index in [1.54, 1.807) is 28.8 Å². The third-order valence-corrected chi connectivity index (χ3v) is 4.76. The number of nitrogens with zero attached hydrogens (tertiary/aromatic N) is 3. The number of hydrogen-bond donors (Lipinski definition) is 1. The van der Waals surface area contributed by atoms with Crippen LogP contribution in [0.2, 0.25) is 0 Å². The van der Waals surface area contributed by atoms with Crippen LogP contribution in [0.1, 0.15) is 46.3 Å². The SMILES string of the molecule is CC(=O)Nc1ccc(C(=O)COC(=O)CCc2c(C)nc3cc(C)nn3c2C)cc1. The van der Waals surface area contributed by atoms with Crippen molar-refractivity contribution in [1.29, 1.82) is 0 Å². The van der Waals surface area contributed by atoms with Gasteiger partial charge in [0.1, 0.15) is 0 Å². The summed E-state index contributed by atoms with van der Waals surface area (Å²) >= 11 is 0. The number of fused-ring (bicyclic) bond motifs is 1. The quantitative estimate of drug-likeness (QED) is 0.476. The summed E-state index contributed by atoms with van der Waals surface area (Å²) < 4.78 is 6.92. The second-order valence-corrected chi connectivity index (χ2v) is 7.16. The predicted octanol–water partition coefficient (Wildman–Crippen LogP) is 2.97. The van der Waals surface area contributed by atoms with Crippen molar-refractivity contribution in [2.45, 2.75) is 40.5 Å². The molecular weight excluding hydrogens is 384 g/mol. The molecule has 3 rings (SSSR count). The van der Waals surface area contributed by atoms with Crippen LogP contribution in [-0.2, 0) is 20.7 Å². The number of benzene rings is 1. The van der Waals surface area contributed by atoms with Crippen molar-refractivity contribution in [3.8, 4) is 0 Å². The third-order valence-electron chi connectivity index (χ3n) is 4.76. The monoisotopic (exact) mass is 408 g/mol. The van der Waals surface area contributed by atoms with Gasteiger partial charge in [0.25, 0.3) is 0 Å². The van der Waals surface area contributed by atoms with Crippen molar-refractivity contribution < 1.29 is 19.1 Å². The van der Waals surface area contributed by atoms with Crippen molar-refractivity contribution in [1.82, 2.24) is 14.6 Å². The van der Waals surface area contributed by atoms with Gasteiger partial charge in [-0.25, -0.2) is 9.50 Å². The Morgan fingerprint density at radius 3 is 2.47 bits per heavy atom. The fourth-order valence-electron chi connectivity index (χ4n) is 3.27. The minimum absolute atomic E-state index is 0.143. The molecule has 30 heavy (non-hydrogen) atoms. The first-order chi connectivity index (χ1) is 14.2. The lowest BCUT2D eigenvalue weighted by Crippen LogP contribution is -2.15. The zero-order chi connectivity index (χ0) is 21.8. The van der Waals surface area contributed by atoms with E-state index in [9.17, 15) is 14.4 Å². The summed E-state index contributed by atoms with van der Waals surface area (Å²) in [7, 11) is 0. The molecule has 0 bridgehead atoms. The number of carbonyl (C=O) groups is 3. The lowest BCUT2D eigenvalue weighted by Gasteiger charge is -2.11. The molecule has 8 heteroatoms. The fourth-order valence-corrected chi connectivity index (χ4v) is 3.27. The normalized spacial score (nSPS) is 10.8. The molecule has 8 nitrogen and oxygen atoms in total. The van der Waals surface area contributed by atoms with Gasteiger partial charge in [-0.3, -0.25) is 14.4 Å². The van der Waals surface area contributed by atoms with Crippen molar-refractivity contribution >= 4 is 29.0 Å². The summed E-state index contributed by atoms with van der Waals surface area (Å²) in [5.41, 5.74) is 5.40. The topological polar surface area (TPSA) is 103 Å². The van der Waals surface area contributed by atoms with Crippen LogP contribution >= 0.6 is 0 Å². The zero-order valence-electron chi connectivity index (χ0n) is 17.5. The van der Waals surface area contributed by atoms with Crippen LogP contribution in [0, 0.1) is 20.8 Å². The van der Waals surface area contributed by atoms with Gasteiger partial charge in [0.2, 0.25) is 5.91 Å². The number of hydrogen-bond acceptors (Lipinski definition) is 6. The van der Waals surface area contributed by atoms with Crippen LogP contribution in [0.15, 0.2) is 30.3 Å². The highest BCUT2D eigenvalue weighted by atomic mass is 16.5. The third kappa shape index (κ3) is 4.89. The van der Waals surface area contributed by atoms with E-state index in [4.69, 9.17) is 4.74 Å². The van der Waals surface area contributed by atoms with Gasteiger partial charge >= 0.3 is 5.97 Å². The molecule has 0 fully saturated rings. The average molecular weight is 408 g/mol. The lowest BCUT2D eigenvalue weighted by molar-refractivity contribution is -0.142. The number of nitrogens with one attached hydrogen (secondary N) is 1. The molecule has 1 N–H and O–H groups in total. The highest BCUT2D eigenvalue weighted by Gasteiger charge is 2.15. The summed E-state index contributed by atoms with van der Waals surface area (Å²) in [5.74, 6) is -0.945. The predicted molar refractivity (Wildman–Crippen MR) is 112 cm³/mol. The molecule has 0 spiro atoms. The van der Waals surface area contributed by atoms with Gasteiger partial charge in [-0.15, -0.1) is 0 Å². The summed E-state index contributed by atoms with van der Waals surface area (Å²) in [4.78, 5) is 40.0. The number of amides is 1. The second-order valence-electron chi connectivity index (χ2n) is 7.16. The summed E-state index contributed by atoms with van der Waals surface area (Å²) in [6.45, 7) is 6.84. The molecule has 0 unspecified atom stereocenters. The number of rotatable bonds is 7. The molecule has 3 aromatic rings. The van der Waals surface area contributed by atoms with E-state index in [1.807, 2.05) is 26.8 Å². The van der Waals surface area contributed by atoms with Gasteiger partial charge < -0.3 is 10.1 Å². The van der Waals surface area contributed by atoms with E-state index in [-0.39, 0.29) is 24.7 Å². The van der Waals surface area contributed by atoms with Gasteiger partial charge in [-0.2, -0.15) is 5.10 Å². The molecule has 1 aromatic carbocycles. The van der Waals surface area contributed by atoms with E-state index >= 15 is 0 Å². The van der Waals surface area contributed by atoms with Gasteiger partial charge in [-0.05, 0) is 57.0 Å². The number of anilines is 1. The summed E-state index contributed by atoms with van der Waals surface area (Å²) in [6.07, 6.45) is 0.599. The number of aromatic nitrogens is 3. The Hall–Kier alpha value is -3.55. The Morgan fingerprint density at radius 2 is 1.80 bits per heavy atom. The van der Waals surface area contributed by atoms with E-state index in [0.29, 0.717) is 17.7 Å². The molecule has 0 saturated carbocycles. The molecule has 2 aromatic heterocycles. The van der Waals surface area contributed by atoms with Crippen LogP contribution in [0.4, 0.5) is 5.69 Å². The molecule has 0 aliphatic heterocycles. The molecule has 0 aliphatic carbocycles. The van der Waals surface area contributed by atoms with Gasteiger partial charge in [0.05, 0.1) is 5.69 Å². The molecule has 0 saturated heterocycles. The van der Waals surface area contributed by atoms with Crippen molar-refractivity contribution in [2.75, 3.05) is 11.9 Å². The Balaban J connectivity index is 1.55. The molecule has 0 atom stereocenters. The maximum Gasteiger partial charge on any atom is 0.306 e. The average Bonchev–Trinajstić information content (AvgIpc) is 3.06. The number of ketones is 1. The maximum absolute atomic E-state index is 12.2. The molecule has 1 amide bonds. The number of aryl methyl sites for hydroxylation is 3. The Kier molecular flexibility index (Phi) is 6.25. The summed E-state index contributed by atoms with van der Waals surface area (Å²) in [6, 6.07) is 8.33. The Morgan fingerprint density at radius 1 is 1.10 bits per heavy atom. The minimum atomic E-state index is -0.450. The van der Waals surface area contributed by atoms with E-state index in [0.717, 1.165) is 28.3 Å². The molecular formula is C22H24N4O4. The standard InChI is InChI=1S/C22H24N4O4/c1-13-11-21-23-14(2)19(15(3)26(21)25-13)9-10-22(29)30-12-20(28)17-5-7-18(8-6-17)24-16(4)27/h5-8,11H,9-10,12H2,1-4H3,(H,24,27). The number of Topliss-reactive ketones (excluding diaryl/α,β-unsaturated/α-hetero) is 1. The van der Waals surface area contributed by atoms with E-state index in [2.05, 4.69) is 15.4 Å². The number of ether oxygens (including phenoxy) is 1. The van der Waals surface area contributed by atoms with Crippen LogP contribution in [0.5, 0.6) is 0 Å². The first-order valence-corrected chi connectivity index (χ1v) is 9.63. The Labute approximate surface area is 174 Å².